The monoisotopic (exact) mass is 372 g/mol. The Morgan fingerprint density at radius 2 is 1.92 bits per heavy atom. The quantitative estimate of drug-likeness (QED) is 0.448. The lowest BCUT2D eigenvalue weighted by atomic mass is 10.0. The number of pyridine rings is 1. The van der Waals surface area contributed by atoms with E-state index in [0.29, 0.717) is 22.3 Å². The van der Waals surface area contributed by atoms with Crippen molar-refractivity contribution in [2.75, 3.05) is 4.72 Å². The maximum atomic E-state index is 14.3. The zero-order valence-electron chi connectivity index (χ0n) is 14.2. The van der Waals surface area contributed by atoms with Crippen LogP contribution in [0.1, 0.15) is 18.9 Å². The van der Waals surface area contributed by atoms with E-state index in [4.69, 9.17) is 0 Å². The highest BCUT2D eigenvalue weighted by Gasteiger charge is 2.12. The molecule has 26 heavy (non-hydrogen) atoms. The average molecular weight is 372 g/mol. The molecule has 0 spiro atoms. The summed E-state index contributed by atoms with van der Waals surface area (Å²) in [5, 5.41) is 1.28. The standard InChI is InChI=1S/C20H18F2N2OS/c1-3-12(2)8-13-9-17(22)18(10-16(13)21)24-26-19-11-23-20(25)15-7-5-4-6-14(15)19/h4-7,9-11,24H,2-3,8H2,1H3,(H,23,25). The van der Waals surface area contributed by atoms with E-state index in [9.17, 15) is 13.6 Å². The Balaban J connectivity index is 1.85. The first-order valence-corrected chi connectivity index (χ1v) is 8.99. The van der Waals surface area contributed by atoms with Gasteiger partial charge in [-0.25, -0.2) is 8.78 Å². The second kappa shape index (κ2) is 7.74. The number of aromatic nitrogens is 1. The van der Waals surface area contributed by atoms with Gasteiger partial charge >= 0.3 is 0 Å². The zero-order valence-corrected chi connectivity index (χ0v) is 15.1. The second-order valence-corrected chi connectivity index (χ2v) is 6.78. The maximum absolute atomic E-state index is 14.3. The van der Waals surface area contributed by atoms with Crippen molar-refractivity contribution in [1.82, 2.24) is 4.98 Å². The van der Waals surface area contributed by atoms with Crippen LogP contribution in [0.25, 0.3) is 10.8 Å². The third kappa shape index (κ3) is 3.80. The van der Waals surface area contributed by atoms with Crippen LogP contribution in [0.2, 0.25) is 0 Å². The molecule has 0 saturated carbocycles. The van der Waals surface area contributed by atoms with Crippen molar-refractivity contribution < 1.29 is 8.78 Å². The molecule has 0 aliphatic heterocycles. The van der Waals surface area contributed by atoms with Gasteiger partial charge in [-0.05, 0) is 42.5 Å². The van der Waals surface area contributed by atoms with Crippen molar-refractivity contribution in [2.24, 2.45) is 0 Å². The minimum Gasteiger partial charge on any atom is -0.327 e. The molecule has 1 heterocycles. The van der Waals surface area contributed by atoms with Crippen LogP contribution in [-0.4, -0.2) is 4.98 Å². The number of hydrogen-bond donors (Lipinski definition) is 2. The van der Waals surface area contributed by atoms with Crippen LogP contribution in [0.5, 0.6) is 0 Å². The van der Waals surface area contributed by atoms with Crippen LogP contribution in [0.15, 0.2) is 64.4 Å². The molecule has 0 fully saturated rings. The smallest absolute Gasteiger partial charge is 0.255 e. The average Bonchev–Trinajstić information content (AvgIpc) is 2.64. The number of aromatic amines is 1. The number of benzene rings is 2. The number of hydrogen-bond acceptors (Lipinski definition) is 3. The Kier molecular flexibility index (Phi) is 5.42. The summed E-state index contributed by atoms with van der Waals surface area (Å²) in [5.74, 6) is -1.01. The van der Waals surface area contributed by atoms with Gasteiger partial charge in [-0.3, -0.25) is 4.79 Å². The largest absolute Gasteiger partial charge is 0.327 e. The fourth-order valence-corrected chi connectivity index (χ4v) is 3.36. The Labute approximate surface area is 154 Å². The third-order valence-corrected chi connectivity index (χ3v) is 5.00. The predicted molar refractivity (Wildman–Crippen MR) is 104 cm³/mol. The van der Waals surface area contributed by atoms with E-state index in [0.717, 1.165) is 35.4 Å². The lowest BCUT2D eigenvalue weighted by Crippen LogP contribution is -2.06. The highest BCUT2D eigenvalue weighted by atomic mass is 32.2. The molecule has 0 aliphatic rings. The SMILES string of the molecule is C=C(CC)Cc1cc(F)c(NSc2c[nH]c(=O)c3ccccc23)cc1F. The van der Waals surface area contributed by atoms with Crippen LogP contribution in [0.3, 0.4) is 0 Å². The molecule has 0 aliphatic carbocycles. The van der Waals surface area contributed by atoms with Gasteiger partial charge in [0.05, 0.1) is 10.6 Å². The van der Waals surface area contributed by atoms with E-state index in [-0.39, 0.29) is 11.2 Å². The van der Waals surface area contributed by atoms with E-state index >= 15 is 0 Å². The van der Waals surface area contributed by atoms with Crippen LogP contribution in [0, 0.1) is 11.6 Å². The van der Waals surface area contributed by atoms with E-state index < -0.39 is 11.6 Å². The summed E-state index contributed by atoms with van der Waals surface area (Å²) < 4.78 is 31.4. The highest BCUT2D eigenvalue weighted by molar-refractivity contribution is 8.00. The minimum atomic E-state index is -0.536. The fourth-order valence-electron chi connectivity index (χ4n) is 2.57. The van der Waals surface area contributed by atoms with Gasteiger partial charge in [-0.2, -0.15) is 0 Å². The van der Waals surface area contributed by atoms with Crippen LogP contribution < -0.4 is 10.3 Å². The molecule has 3 rings (SSSR count). The van der Waals surface area contributed by atoms with Gasteiger partial charge in [0.15, 0.2) is 0 Å². The minimum absolute atomic E-state index is 0.0497. The lowest BCUT2D eigenvalue weighted by molar-refractivity contribution is 0.591. The maximum Gasteiger partial charge on any atom is 0.255 e. The molecule has 134 valence electrons. The zero-order chi connectivity index (χ0) is 18.7. The summed E-state index contributed by atoms with van der Waals surface area (Å²) in [4.78, 5) is 15.2. The molecular weight excluding hydrogens is 354 g/mol. The van der Waals surface area contributed by atoms with Crippen molar-refractivity contribution in [3.05, 3.63) is 82.3 Å². The molecular formula is C20H18F2N2OS. The number of nitrogens with one attached hydrogen (secondary N) is 2. The van der Waals surface area contributed by atoms with Crippen molar-refractivity contribution in [2.45, 2.75) is 24.7 Å². The molecule has 0 unspecified atom stereocenters. The predicted octanol–water partition coefficient (Wildman–Crippen LogP) is 5.43. The Hall–Kier alpha value is -2.60. The molecule has 0 bridgehead atoms. The van der Waals surface area contributed by atoms with E-state index in [2.05, 4.69) is 16.3 Å². The molecule has 6 heteroatoms. The first-order valence-electron chi connectivity index (χ1n) is 8.17. The molecule has 2 aromatic carbocycles. The number of H-pyrrole nitrogens is 1. The van der Waals surface area contributed by atoms with Gasteiger partial charge in [-0.15, -0.1) is 0 Å². The fraction of sp³-hybridized carbons (Fsp3) is 0.150. The number of anilines is 1. The molecule has 2 N–H and O–H groups in total. The summed E-state index contributed by atoms with van der Waals surface area (Å²) in [6.45, 7) is 5.76. The summed E-state index contributed by atoms with van der Waals surface area (Å²) in [6, 6.07) is 9.47. The Morgan fingerprint density at radius 1 is 1.19 bits per heavy atom. The van der Waals surface area contributed by atoms with E-state index in [1.54, 1.807) is 18.3 Å². The first kappa shape index (κ1) is 18.2. The van der Waals surface area contributed by atoms with Crippen molar-refractivity contribution >= 4 is 28.4 Å². The van der Waals surface area contributed by atoms with Crippen molar-refractivity contribution in [1.29, 1.82) is 0 Å². The summed E-state index contributed by atoms with van der Waals surface area (Å²) in [5.41, 5.74) is 0.994. The van der Waals surface area contributed by atoms with Gasteiger partial charge in [0, 0.05) is 23.0 Å². The molecule has 0 atom stereocenters. The van der Waals surface area contributed by atoms with E-state index in [1.807, 2.05) is 19.1 Å². The normalized spacial score (nSPS) is 10.9. The molecule has 0 amide bonds. The molecule has 0 radical (unpaired) electrons. The second-order valence-electron chi connectivity index (χ2n) is 5.94. The van der Waals surface area contributed by atoms with Crippen LogP contribution in [-0.2, 0) is 6.42 Å². The Morgan fingerprint density at radius 3 is 2.65 bits per heavy atom. The van der Waals surface area contributed by atoms with Crippen LogP contribution in [0.4, 0.5) is 14.5 Å². The van der Waals surface area contributed by atoms with E-state index in [1.165, 1.54) is 6.07 Å². The highest BCUT2D eigenvalue weighted by Crippen LogP contribution is 2.29. The lowest BCUT2D eigenvalue weighted by Gasteiger charge is -2.11. The van der Waals surface area contributed by atoms with Crippen molar-refractivity contribution in [3.8, 4) is 0 Å². The first-order chi connectivity index (χ1) is 12.5. The molecule has 3 aromatic rings. The van der Waals surface area contributed by atoms with Gasteiger partial charge in [0.1, 0.15) is 11.6 Å². The third-order valence-electron chi connectivity index (χ3n) is 4.12. The van der Waals surface area contributed by atoms with Gasteiger partial charge < -0.3 is 9.71 Å². The van der Waals surface area contributed by atoms with Gasteiger partial charge in [0.2, 0.25) is 0 Å². The topological polar surface area (TPSA) is 44.9 Å². The van der Waals surface area contributed by atoms with Crippen molar-refractivity contribution in [3.63, 3.8) is 0 Å². The molecule has 3 nitrogen and oxygen atoms in total. The van der Waals surface area contributed by atoms with Gasteiger partial charge in [0.25, 0.3) is 5.56 Å². The summed E-state index contributed by atoms with van der Waals surface area (Å²) in [6.07, 6.45) is 2.59. The Bertz CT molecular complexity index is 1030. The number of rotatable bonds is 6. The molecule has 0 saturated heterocycles. The summed E-state index contributed by atoms with van der Waals surface area (Å²) in [7, 11) is 0. The number of halogens is 2. The van der Waals surface area contributed by atoms with Gasteiger partial charge in [-0.1, -0.05) is 37.3 Å². The number of fused-ring (bicyclic) bond motifs is 1. The molecule has 1 aromatic heterocycles. The summed E-state index contributed by atoms with van der Waals surface area (Å²) >= 11 is 1.11. The van der Waals surface area contributed by atoms with Crippen LogP contribution >= 0.6 is 11.9 Å². The number of allylic oxidation sites excluding steroid dienone is 1.